The SMILES string of the molecule is CCc1ccccc1N(CC(=O)OC)S(=O)(=O)c1ccc(SC)cc1. The first-order valence-corrected chi connectivity index (χ1v) is 10.4. The van der Waals surface area contributed by atoms with Crippen LogP contribution in [0.25, 0.3) is 0 Å². The Morgan fingerprint density at radius 2 is 1.76 bits per heavy atom. The van der Waals surface area contributed by atoms with E-state index in [0.29, 0.717) is 12.1 Å². The van der Waals surface area contributed by atoms with Gasteiger partial charge in [0.2, 0.25) is 0 Å². The second kappa shape index (κ2) is 8.40. The normalized spacial score (nSPS) is 11.2. The van der Waals surface area contributed by atoms with Gasteiger partial charge in [-0.1, -0.05) is 25.1 Å². The Morgan fingerprint density at radius 3 is 2.32 bits per heavy atom. The summed E-state index contributed by atoms with van der Waals surface area (Å²) in [6, 6.07) is 13.8. The summed E-state index contributed by atoms with van der Waals surface area (Å²) in [5, 5.41) is 0. The second-order valence-electron chi connectivity index (χ2n) is 5.25. The predicted molar refractivity (Wildman–Crippen MR) is 101 cm³/mol. The summed E-state index contributed by atoms with van der Waals surface area (Å²) in [6.45, 7) is 1.56. The summed E-state index contributed by atoms with van der Waals surface area (Å²) in [5.41, 5.74) is 1.33. The molecule has 2 aromatic carbocycles. The van der Waals surface area contributed by atoms with Gasteiger partial charge in [-0.25, -0.2) is 8.42 Å². The Hall–Kier alpha value is -1.99. The van der Waals surface area contributed by atoms with Crippen molar-refractivity contribution < 1.29 is 17.9 Å². The number of methoxy groups -OCH3 is 1. The third-order valence-electron chi connectivity index (χ3n) is 3.79. The van der Waals surface area contributed by atoms with Crippen LogP contribution in [-0.2, 0) is 26.0 Å². The molecule has 0 aliphatic rings. The molecule has 0 radical (unpaired) electrons. The molecule has 0 unspecified atom stereocenters. The van der Waals surface area contributed by atoms with E-state index in [9.17, 15) is 13.2 Å². The summed E-state index contributed by atoms with van der Waals surface area (Å²) in [6.07, 6.45) is 2.57. The van der Waals surface area contributed by atoms with Crippen LogP contribution in [0.4, 0.5) is 5.69 Å². The zero-order valence-corrected chi connectivity index (χ0v) is 16.1. The van der Waals surface area contributed by atoms with Crippen molar-refractivity contribution in [2.24, 2.45) is 0 Å². The maximum atomic E-state index is 13.2. The fourth-order valence-electron chi connectivity index (χ4n) is 2.41. The van der Waals surface area contributed by atoms with Gasteiger partial charge in [0.15, 0.2) is 0 Å². The average molecular weight is 380 g/mol. The fourth-order valence-corrected chi connectivity index (χ4v) is 4.26. The second-order valence-corrected chi connectivity index (χ2v) is 7.99. The molecule has 0 fully saturated rings. The van der Waals surface area contributed by atoms with Crippen LogP contribution in [0.5, 0.6) is 0 Å². The van der Waals surface area contributed by atoms with Crippen molar-refractivity contribution in [1.82, 2.24) is 0 Å². The van der Waals surface area contributed by atoms with Crippen LogP contribution in [0.1, 0.15) is 12.5 Å². The summed E-state index contributed by atoms with van der Waals surface area (Å²) in [5.74, 6) is -0.616. The van der Waals surface area contributed by atoms with Crippen molar-refractivity contribution in [3.8, 4) is 0 Å². The first kappa shape index (κ1) is 19.3. The number of hydrogen-bond acceptors (Lipinski definition) is 5. The van der Waals surface area contributed by atoms with Crippen LogP contribution in [0, 0.1) is 0 Å². The zero-order valence-electron chi connectivity index (χ0n) is 14.4. The van der Waals surface area contributed by atoms with Gasteiger partial charge in [0, 0.05) is 4.90 Å². The number of carbonyl (C=O) groups excluding carboxylic acids is 1. The molecule has 0 aliphatic heterocycles. The van der Waals surface area contributed by atoms with Gasteiger partial charge in [0.1, 0.15) is 6.54 Å². The number of hydrogen-bond donors (Lipinski definition) is 0. The molecule has 5 nitrogen and oxygen atoms in total. The first-order valence-electron chi connectivity index (χ1n) is 7.75. The van der Waals surface area contributed by atoms with Gasteiger partial charge in [0.05, 0.1) is 17.7 Å². The van der Waals surface area contributed by atoms with Crippen LogP contribution in [0.15, 0.2) is 58.3 Å². The number of anilines is 1. The molecule has 0 saturated heterocycles. The first-order chi connectivity index (χ1) is 11.9. The number of ether oxygens (including phenoxy) is 1. The molecule has 0 bridgehead atoms. The molecule has 134 valence electrons. The van der Waals surface area contributed by atoms with E-state index >= 15 is 0 Å². The van der Waals surface area contributed by atoms with E-state index in [1.54, 1.807) is 36.4 Å². The van der Waals surface area contributed by atoms with E-state index in [2.05, 4.69) is 0 Å². The van der Waals surface area contributed by atoms with Crippen molar-refractivity contribution in [3.05, 3.63) is 54.1 Å². The standard InChI is InChI=1S/C18H21NO4S2/c1-4-14-7-5-6-8-17(14)19(13-18(20)23-2)25(21,22)16-11-9-15(24-3)10-12-16/h5-12H,4,13H2,1-3H3. The molecule has 0 atom stereocenters. The highest BCUT2D eigenvalue weighted by molar-refractivity contribution is 7.98. The summed E-state index contributed by atoms with van der Waals surface area (Å²) < 4.78 is 32.1. The van der Waals surface area contributed by atoms with Gasteiger partial charge in [-0.15, -0.1) is 11.8 Å². The van der Waals surface area contributed by atoms with Crippen LogP contribution < -0.4 is 4.31 Å². The van der Waals surface area contributed by atoms with E-state index in [-0.39, 0.29) is 11.4 Å². The maximum Gasteiger partial charge on any atom is 0.326 e. The molecule has 0 N–H and O–H groups in total. The topological polar surface area (TPSA) is 63.7 Å². The van der Waals surface area contributed by atoms with Gasteiger partial charge in [-0.05, 0) is 48.6 Å². The molecular weight excluding hydrogens is 358 g/mol. The van der Waals surface area contributed by atoms with Gasteiger partial charge >= 0.3 is 5.97 Å². The highest BCUT2D eigenvalue weighted by Gasteiger charge is 2.28. The zero-order chi connectivity index (χ0) is 18.4. The molecule has 0 amide bonds. The number of nitrogens with zero attached hydrogens (tertiary/aromatic N) is 1. The van der Waals surface area contributed by atoms with Gasteiger partial charge < -0.3 is 4.74 Å². The highest BCUT2D eigenvalue weighted by atomic mass is 32.2. The van der Waals surface area contributed by atoms with E-state index in [1.807, 2.05) is 25.3 Å². The summed E-state index contributed by atoms with van der Waals surface area (Å²) >= 11 is 1.53. The summed E-state index contributed by atoms with van der Waals surface area (Å²) in [4.78, 5) is 12.9. The predicted octanol–water partition coefficient (Wildman–Crippen LogP) is 3.34. The lowest BCUT2D eigenvalue weighted by Crippen LogP contribution is -2.37. The average Bonchev–Trinajstić information content (AvgIpc) is 2.65. The van der Waals surface area contributed by atoms with Crippen LogP contribution in [0.2, 0.25) is 0 Å². The van der Waals surface area contributed by atoms with E-state index < -0.39 is 16.0 Å². The number of rotatable bonds is 7. The number of sulfonamides is 1. The van der Waals surface area contributed by atoms with Crippen molar-refractivity contribution in [1.29, 1.82) is 0 Å². The molecule has 0 heterocycles. The molecule has 0 spiro atoms. The van der Waals surface area contributed by atoms with E-state index in [0.717, 1.165) is 14.8 Å². The molecule has 25 heavy (non-hydrogen) atoms. The largest absolute Gasteiger partial charge is 0.468 e. The lowest BCUT2D eigenvalue weighted by Gasteiger charge is -2.25. The minimum absolute atomic E-state index is 0.139. The van der Waals surface area contributed by atoms with Crippen molar-refractivity contribution in [2.45, 2.75) is 23.1 Å². The minimum Gasteiger partial charge on any atom is -0.468 e. The Bertz CT molecular complexity index is 832. The van der Waals surface area contributed by atoms with Crippen molar-refractivity contribution in [2.75, 3.05) is 24.2 Å². The number of esters is 1. The van der Waals surface area contributed by atoms with E-state index in [4.69, 9.17) is 4.74 Å². The minimum atomic E-state index is -3.89. The highest BCUT2D eigenvalue weighted by Crippen LogP contribution is 2.28. The molecule has 0 saturated carbocycles. The number of thioether (sulfide) groups is 1. The lowest BCUT2D eigenvalue weighted by molar-refractivity contribution is -0.138. The molecule has 0 aliphatic carbocycles. The monoisotopic (exact) mass is 379 g/mol. The van der Waals surface area contributed by atoms with Gasteiger partial charge in [0.25, 0.3) is 10.0 Å². The Kier molecular flexibility index (Phi) is 6.50. The Balaban J connectivity index is 2.55. The molecular formula is C18H21NO4S2. The number of para-hydroxylation sites is 1. The smallest absolute Gasteiger partial charge is 0.326 e. The number of carbonyl (C=O) groups is 1. The number of benzene rings is 2. The number of aryl methyl sites for hydroxylation is 1. The third-order valence-corrected chi connectivity index (χ3v) is 6.31. The quantitative estimate of drug-likeness (QED) is 0.545. The molecule has 7 heteroatoms. The van der Waals surface area contributed by atoms with E-state index in [1.165, 1.54) is 18.9 Å². The van der Waals surface area contributed by atoms with Gasteiger partial charge in [-0.2, -0.15) is 0 Å². The van der Waals surface area contributed by atoms with Crippen LogP contribution in [-0.4, -0.2) is 34.3 Å². The van der Waals surface area contributed by atoms with Gasteiger partial charge in [-0.3, -0.25) is 9.10 Å². The molecule has 2 rings (SSSR count). The van der Waals surface area contributed by atoms with Crippen molar-refractivity contribution in [3.63, 3.8) is 0 Å². The summed E-state index contributed by atoms with van der Waals surface area (Å²) in [7, 11) is -2.65. The van der Waals surface area contributed by atoms with Crippen LogP contribution in [0.3, 0.4) is 0 Å². The lowest BCUT2D eigenvalue weighted by atomic mass is 10.1. The Morgan fingerprint density at radius 1 is 1.12 bits per heavy atom. The Labute approximate surface area is 153 Å². The van der Waals surface area contributed by atoms with Crippen LogP contribution >= 0.6 is 11.8 Å². The van der Waals surface area contributed by atoms with Crippen molar-refractivity contribution >= 4 is 33.4 Å². The maximum absolute atomic E-state index is 13.2. The molecule has 2 aromatic rings. The fraction of sp³-hybridized carbons (Fsp3) is 0.278. The molecule has 0 aromatic heterocycles. The third kappa shape index (κ3) is 4.35.